The molecule has 0 bridgehead atoms. The molecule has 2 unspecified atom stereocenters. The number of benzene rings is 1. The fraction of sp³-hybridized carbons (Fsp3) is 0.385. The van der Waals surface area contributed by atoms with E-state index < -0.39 is 24.1 Å². The molecule has 3 aromatic rings. The van der Waals surface area contributed by atoms with Crippen molar-refractivity contribution in [3.05, 3.63) is 56.9 Å². The van der Waals surface area contributed by atoms with Gasteiger partial charge in [-0.3, -0.25) is 9.59 Å². The van der Waals surface area contributed by atoms with E-state index in [9.17, 15) is 19.5 Å². The van der Waals surface area contributed by atoms with Gasteiger partial charge in [-0.15, -0.1) is 0 Å². The molecule has 2 aliphatic heterocycles. The summed E-state index contributed by atoms with van der Waals surface area (Å²) in [5.41, 5.74) is 10.0. The van der Waals surface area contributed by atoms with Crippen LogP contribution >= 0.6 is 0 Å². The van der Waals surface area contributed by atoms with Crippen molar-refractivity contribution < 1.29 is 24.2 Å². The van der Waals surface area contributed by atoms with E-state index in [1.807, 2.05) is 20.8 Å². The van der Waals surface area contributed by atoms with Crippen molar-refractivity contribution in [1.29, 1.82) is 0 Å². The number of nitrogens with two attached hydrogens (primary N) is 1. The van der Waals surface area contributed by atoms with E-state index in [1.54, 1.807) is 28.8 Å². The molecule has 9 heteroatoms. The smallest absolute Gasteiger partial charge is 0.352 e. The molecule has 0 spiro atoms. The Morgan fingerprint density at radius 3 is 2.77 bits per heavy atom. The Labute approximate surface area is 201 Å². The first-order valence-electron chi connectivity index (χ1n) is 11.7. The van der Waals surface area contributed by atoms with Crippen molar-refractivity contribution in [2.24, 2.45) is 11.7 Å². The van der Waals surface area contributed by atoms with Crippen LogP contribution in [0.3, 0.4) is 0 Å². The number of cyclic esters (lactones) is 1. The number of hydrogen-bond acceptors (Lipinski definition) is 8. The summed E-state index contributed by atoms with van der Waals surface area (Å²) in [6.07, 6.45) is -0.279. The van der Waals surface area contributed by atoms with Gasteiger partial charge in [0.05, 0.1) is 29.0 Å². The number of nitrogens with zero attached hydrogens (tertiary/aromatic N) is 2. The van der Waals surface area contributed by atoms with Crippen LogP contribution in [0.2, 0.25) is 0 Å². The van der Waals surface area contributed by atoms with E-state index in [0.717, 1.165) is 16.5 Å². The van der Waals surface area contributed by atoms with E-state index in [-0.39, 0.29) is 29.4 Å². The van der Waals surface area contributed by atoms with Crippen LogP contribution < -0.4 is 11.3 Å². The summed E-state index contributed by atoms with van der Waals surface area (Å²) in [4.78, 5) is 43.5. The number of rotatable bonds is 5. The van der Waals surface area contributed by atoms with E-state index in [0.29, 0.717) is 41.9 Å². The molecule has 2 atom stereocenters. The number of carbonyl (C=O) groups excluding carboxylic acids is 2. The molecule has 0 saturated carbocycles. The average Bonchev–Trinajstić information content (AvgIpc) is 3.17. The summed E-state index contributed by atoms with van der Waals surface area (Å²) in [5, 5.41) is 10.8. The Kier molecular flexibility index (Phi) is 5.59. The zero-order chi connectivity index (χ0) is 25.0. The monoisotopic (exact) mass is 477 g/mol. The van der Waals surface area contributed by atoms with Crippen LogP contribution in [-0.4, -0.2) is 32.6 Å². The molecule has 1 aromatic carbocycles. The maximum absolute atomic E-state index is 13.5. The molecule has 4 heterocycles. The maximum Gasteiger partial charge on any atom is 0.352 e. The largest absolute Gasteiger partial charge is 0.508 e. The van der Waals surface area contributed by atoms with Gasteiger partial charge in [0, 0.05) is 16.5 Å². The molecular weight excluding hydrogens is 450 g/mol. The third-order valence-corrected chi connectivity index (χ3v) is 6.65. The lowest BCUT2D eigenvalue weighted by Crippen LogP contribution is -2.39. The third-order valence-electron chi connectivity index (χ3n) is 6.65. The lowest BCUT2D eigenvalue weighted by Gasteiger charge is -2.26. The lowest BCUT2D eigenvalue weighted by atomic mass is 9.97. The first-order chi connectivity index (χ1) is 16.7. The number of fused-ring (bicyclic) bond motifs is 5. The van der Waals surface area contributed by atoms with Crippen LogP contribution in [0.5, 0.6) is 5.75 Å². The van der Waals surface area contributed by atoms with Crippen molar-refractivity contribution in [3.63, 3.8) is 0 Å². The van der Waals surface area contributed by atoms with Crippen LogP contribution in [0.1, 0.15) is 55.5 Å². The average molecular weight is 478 g/mol. The molecule has 2 aromatic heterocycles. The molecule has 3 N–H and O–H groups in total. The Morgan fingerprint density at radius 2 is 2.06 bits per heavy atom. The van der Waals surface area contributed by atoms with Gasteiger partial charge < -0.3 is 24.9 Å². The molecule has 182 valence electrons. The van der Waals surface area contributed by atoms with Gasteiger partial charge in [0.15, 0.2) is 0 Å². The molecule has 0 aliphatic carbocycles. The highest BCUT2D eigenvalue weighted by Crippen LogP contribution is 2.39. The van der Waals surface area contributed by atoms with Crippen molar-refractivity contribution in [2.45, 2.75) is 58.9 Å². The molecule has 0 fully saturated rings. The zero-order valence-electron chi connectivity index (χ0n) is 19.8. The maximum atomic E-state index is 13.5. The Hall–Kier alpha value is -3.72. The topological polar surface area (TPSA) is 134 Å². The second-order valence-corrected chi connectivity index (χ2v) is 9.49. The first-order valence-corrected chi connectivity index (χ1v) is 11.7. The number of hydrogen-bond donors (Lipinski definition) is 2. The summed E-state index contributed by atoms with van der Waals surface area (Å²) in [5.74, 6) is -1.13. The summed E-state index contributed by atoms with van der Waals surface area (Å²) in [6.45, 7) is 6.00. The highest BCUT2D eigenvalue weighted by atomic mass is 16.6. The number of esters is 2. The summed E-state index contributed by atoms with van der Waals surface area (Å²) >= 11 is 0. The minimum absolute atomic E-state index is 0.146. The van der Waals surface area contributed by atoms with Gasteiger partial charge in [0.2, 0.25) is 6.10 Å². The van der Waals surface area contributed by atoms with Crippen LogP contribution in [0.4, 0.5) is 0 Å². The van der Waals surface area contributed by atoms with E-state index >= 15 is 0 Å². The number of phenolic OH excluding ortho intramolecular Hbond substituents is 1. The van der Waals surface area contributed by atoms with Crippen molar-refractivity contribution >= 4 is 22.8 Å². The van der Waals surface area contributed by atoms with Gasteiger partial charge >= 0.3 is 11.9 Å². The summed E-state index contributed by atoms with van der Waals surface area (Å²) in [7, 11) is 0. The van der Waals surface area contributed by atoms with Gasteiger partial charge in [-0.1, -0.05) is 20.8 Å². The fourth-order valence-electron chi connectivity index (χ4n) is 5.01. The van der Waals surface area contributed by atoms with Crippen LogP contribution in [0.25, 0.3) is 22.3 Å². The van der Waals surface area contributed by atoms with Gasteiger partial charge in [0.25, 0.3) is 5.56 Å². The highest BCUT2D eigenvalue weighted by Gasteiger charge is 2.38. The van der Waals surface area contributed by atoms with Crippen molar-refractivity contribution in [3.8, 4) is 17.1 Å². The fourth-order valence-corrected chi connectivity index (χ4v) is 5.01. The molecule has 9 nitrogen and oxygen atoms in total. The zero-order valence-corrected chi connectivity index (χ0v) is 19.8. The number of carbonyl (C=O) groups is 2. The Balaban J connectivity index is 1.63. The second-order valence-electron chi connectivity index (χ2n) is 9.49. The number of aromatic hydroxyl groups is 1. The number of aryl methyl sites for hydroxylation is 1. The molecule has 35 heavy (non-hydrogen) atoms. The minimum atomic E-state index is -1.37. The van der Waals surface area contributed by atoms with E-state index in [2.05, 4.69) is 0 Å². The number of phenols is 1. The van der Waals surface area contributed by atoms with Crippen molar-refractivity contribution in [2.75, 3.05) is 0 Å². The normalized spacial score (nSPS) is 17.1. The van der Waals surface area contributed by atoms with E-state index in [4.69, 9.17) is 20.2 Å². The van der Waals surface area contributed by atoms with Gasteiger partial charge in [-0.05, 0) is 48.6 Å². The predicted octanol–water partition coefficient (Wildman–Crippen LogP) is 2.71. The third kappa shape index (κ3) is 3.76. The van der Waals surface area contributed by atoms with E-state index in [1.165, 1.54) is 0 Å². The standard InChI is InChI=1S/C26H27N3O6/c1-4-14-15-8-13(30)5-6-20(15)28-22-17(14)10-29-21(22)9-16-18(24(29)31)11-34-26(33)23(16)35-25(32)19(27)7-12(2)3/h5-6,8-9,12,19,23,30H,4,7,10-11,27H2,1-3H3. The minimum Gasteiger partial charge on any atom is -0.508 e. The molecule has 0 radical (unpaired) electrons. The van der Waals surface area contributed by atoms with Gasteiger partial charge in [-0.25, -0.2) is 9.78 Å². The van der Waals surface area contributed by atoms with Gasteiger partial charge in [0.1, 0.15) is 18.4 Å². The molecule has 5 rings (SSSR count). The summed E-state index contributed by atoms with van der Waals surface area (Å²) < 4.78 is 12.3. The highest BCUT2D eigenvalue weighted by molar-refractivity contribution is 5.89. The first kappa shape index (κ1) is 23.0. The van der Waals surface area contributed by atoms with Crippen LogP contribution in [0, 0.1) is 5.92 Å². The molecule has 0 amide bonds. The Morgan fingerprint density at radius 1 is 1.29 bits per heavy atom. The Bertz CT molecular complexity index is 1440. The molecular formula is C26H27N3O6. The van der Waals surface area contributed by atoms with Gasteiger partial charge in [-0.2, -0.15) is 0 Å². The lowest BCUT2D eigenvalue weighted by molar-refractivity contribution is -0.172. The number of aromatic nitrogens is 2. The number of ether oxygens (including phenoxy) is 2. The predicted molar refractivity (Wildman–Crippen MR) is 128 cm³/mol. The quantitative estimate of drug-likeness (QED) is 0.419. The summed E-state index contributed by atoms with van der Waals surface area (Å²) in [6, 6.07) is 5.80. The second kappa shape index (κ2) is 8.49. The van der Waals surface area contributed by atoms with Crippen molar-refractivity contribution in [1.82, 2.24) is 9.55 Å². The SMILES string of the molecule is CCc1c2c(nc3ccc(O)cc13)-c1cc3c(c(=O)n1C2)COC(=O)C3OC(=O)C(N)CC(C)C. The molecule has 2 aliphatic rings. The molecule has 0 saturated heterocycles. The van der Waals surface area contributed by atoms with Crippen LogP contribution in [0.15, 0.2) is 29.1 Å². The van der Waals surface area contributed by atoms with Crippen LogP contribution in [-0.2, 0) is 38.6 Å². The number of pyridine rings is 2.